The van der Waals surface area contributed by atoms with E-state index >= 15 is 0 Å². The monoisotopic (exact) mass is 587 g/mol. The minimum atomic E-state index is -0.643. The summed E-state index contributed by atoms with van der Waals surface area (Å²) in [6.07, 6.45) is 11.1. The van der Waals surface area contributed by atoms with Gasteiger partial charge in [-0.05, 0) is 38.5 Å². The zero-order chi connectivity index (χ0) is 27.5. The summed E-state index contributed by atoms with van der Waals surface area (Å²) in [7, 11) is 0. The zero-order valence-electron chi connectivity index (χ0n) is 23.7. The summed E-state index contributed by atoms with van der Waals surface area (Å²) >= 11 is 0. The fourth-order valence-electron chi connectivity index (χ4n) is 3.18. The predicted molar refractivity (Wildman–Crippen MR) is 145 cm³/mol. The smallest absolute Gasteiger partial charge is 0.306 e. The van der Waals surface area contributed by atoms with Crippen molar-refractivity contribution >= 4 is 17.9 Å². The molecule has 1 rings (SSSR count). The van der Waals surface area contributed by atoms with Crippen LogP contribution in [-0.4, -0.2) is 33.2 Å². The second kappa shape index (κ2) is 31.7. The number of aliphatic carboxylic acids is 3. The Hall–Kier alpha value is -1.36. The van der Waals surface area contributed by atoms with Gasteiger partial charge in [0.25, 0.3) is 0 Å². The van der Waals surface area contributed by atoms with Crippen molar-refractivity contribution in [1.29, 1.82) is 0 Å². The van der Waals surface area contributed by atoms with Crippen LogP contribution >= 0.6 is 0 Å². The number of carboxylic acids is 3. The molecule has 1 aromatic carbocycles. The maximum atomic E-state index is 10.4. The van der Waals surface area contributed by atoms with Crippen molar-refractivity contribution in [3.05, 3.63) is 30.3 Å². The van der Waals surface area contributed by atoms with E-state index in [9.17, 15) is 14.4 Å². The standard InChI is InChI=1S/3C8H16O2.C5H5.Zr/c3*1-3-5-6-7(4-2)8(9)10;1-2-4-5-3-1;/h3*7H,3-6H2,1-2H3,(H,9,10);1-5H;/q;;;-1;. The van der Waals surface area contributed by atoms with Crippen LogP contribution < -0.4 is 0 Å². The molecule has 3 N–H and O–H groups in total. The van der Waals surface area contributed by atoms with Gasteiger partial charge in [0.2, 0.25) is 0 Å². The third-order valence-corrected chi connectivity index (χ3v) is 5.80. The van der Waals surface area contributed by atoms with Crippen molar-refractivity contribution in [1.82, 2.24) is 0 Å². The van der Waals surface area contributed by atoms with Crippen LogP contribution in [0.25, 0.3) is 0 Å². The van der Waals surface area contributed by atoms with E-state index in [4.69, 9.17) is 15.3 Å². The van der Waals surface area contributed by atoms with Gasteiger partial charge < -0.3 is 15.3 Å². The van der Waals surface area contributed by atoms with E-state index in [0.717, 1.165) is 77.0 Å². The van der Waals surface area contributed by atoms with Gasteiger partial charge in [-0.2, -0.15) is 18.2 Å². The van der Waals surface area contributed by atoms with E-state index in [1.807, 2.05) is 51.1 Å². The molecule has 0 aromatic heterocycles. The fourth-order valence-corrected chi connectivity index (χ4v) is 3.18. The summed E-state index contributed by atoms with van der Waals surface area (Å²) in [6, 6.07) is 10.0. The Morgan fingerprint density at radius 1 is 0.583 bits per heavy atom. The minimum absolute atomic E-state index is 0. The molecule has 0 spiro atoms. The Balaban J connectivity index is -0.000000192. The molecule has 0 saturated carbocycles. The fraction of sp³-hybridized carbons (Fsp3) is 0.724. The van der Waals surface area contributed by atoms with Crippen LogP contribution in [-0.2, 0) is 40.6 Å². The molecule has 0 amide bonds. The molecule has 7 heteroatoms. The topological polar surface area (TPSA) is 112 Å². The van der Waals surface area contributed by atoms with Gasteiger partial charge in [-0.1, -0.05) is 80.1 Å². The molecular weight excluding hydrogens is 536 g/mol. The normalized spacial score (nSPS) is 11.9. The largest absolute Gasteiger partial charge is 0.481 e. The van der Waals surface area contributed by atoms with Gasteiger partial charge in [0, 0.05) is 26.2 Å². The summed E-state index contributed by atoms with van der Waals surface area (Å²) in [5, 5.41) is 25.8. The Morgan fingerprint density at radius 2 is 0.833 bits per heavy atom. The zero-order valence-corrected chi connectivity index (χ0v) is 26.1. The number of rotatable bonds is 15. The molecule has 1 aromatic rings. The Kier molecular flexibility index (Phi) is 36.7. The first-order valence-corrected chi connectivity index (χ1v) is 13.5. The quantitative estimate of drug-likeness (QED) is 0.178. The van der Waals surface area contributed by atoms with E-state index < -0.39 is 17.9 Å². The molecule has 0 aliphatic heterocycles. The summed E-state index contributed by atoms with van der Waals surface area (Å²) in [4.78, 5) is 31.3. The van der Waals surface area contributed by atoms with Gasteiger partial charge in [0.05, 0.1) is 17.8 Å². The molecule has 0 saturated heterocycles. The molecule has 0 radical (unpaired) electrons. The Labute approximate surface area is 239 Å². The van der Waals surface area contributed by atoms with Gasteiger partial charge in [-0.15, -0.1) is 0 Å². The molecule has 0 heterocycles. The molecule has 3 unspecified atom stereocenters. The molecule has 3 atom stereocenters. The molecule has 0 aliphatic rings. The molecule has 210 valence electrons. The average Bonchev–Trinajstić information content (AvgIpc) is 3.41. The summed E-state index contributed by atoms with van der Waals surface area (Å²) in [5.41, 5.74) is 0. The second-order valence-corrected chi connectivity index (χ2v) is 8.72. The van der Waals surface area contributed by atoms with E-state index in [0.29, 0.717) is 0 Å². The van der Waals surface area contributed by atoms with E-state index in [1.165, 1.54) is 0 Å². The summed E-state index contributed by atoms with van der Waals surface area (Å²) in [6.45, 7) is 12.0. The third-order valence-electron chi connectivity index (χ3n) is 5.80. The molecule has 36 heavy (non-hydrogen) atoms. The average molecular weight is 589 g/mol. The number of carboxylic acid groups (broad SMARTS) is 3. The first kappa shape index (κ1) is 41.8. The van der Waals surface area contributed by atoms with Crippen LogP contribution in [0.3, 0.4) is 0 Å². The maximum Gasteiger partial charge on any atom is 0.306 e. The van der Waals surface area contributed by atoms with Crippen molar-refractivity contribution in [2.75, 3.05) is 0 Å². The number of hydrogen-bond donors (Lipinski definition) is 3. The molecule has 0 aliphatic carbocycles. The van der Waals surface area contributed by atoms with E-state index in [2.05, 4.69) is 20.8 Å². The van der Waals surface area contributed by atoms with E-state index in [1.54, 1.807) is 0 Å². The molecule has 0 bridgehead atoms. The van der Waals surface area contributed by atoms with Gasteiger partial charge >= 0.3 is 17.9 Å². The van der Waals surface area contributed by atoms with Gasteiger partial charge in [-0.25, -0.2) is 12.1 Å². The van der Waals surface area contributed by atoms with Crippen molar-refractivity contribution in [2.24, 2.45) is 17.8 Å². The van der Waals surface area contributed by atoms with Crippen LogP contribution in [0.1, 0.15) is 119 Å². The second-order valence-electron chi connectivity index (χ2n) is 8.72. The first-order chi connectivity index (χ1) is 16.7. The summed E-state index contributed by atoms with van der Waals surface area (Å²) in [5.74, 6) is -2.26. The van der Waals surface area contributed by atoms with Crippen LogP contribution in [0.2, 0.25) is 0 Å². The summed E-state index contributed by atoms with van der Waals surface area (Å²) < 4.78 is 0. The Morgan fingerprint density at radius 3 is 0.944 bits per heavy atom. The number of unbranched alkanes of at least 4 members (excludes halogenated alkanes) is 3. The molecular formula is C29H53O6Zr-. The van der Waals surface area contributed by atoms with Gasteiger partial charge in [-0.3, -0.25) is 14.4 Å². The SMILES string of the molecule is CCCCC(CC)C(=O)O.CCCCC(CC)C(=O)O.CCCCC(CC)C(=O)O.[Zr].c1cc[cH-]c1. The number of hydrogen-bond acceptors (Lipinski definition) is 3. The van der Waals surface area contributed by atoms with Crippen molar-refractivity contribution in [3.63, 3.8) is 0 Å². The van der Waals surface area contributed by atoms with Crippen LogP contribution in [0.5, 0.6) is 0 Å². The van der Waals surface area contributed by atoms with Crippen LogP contribution in [0.4, 0.5) is 0 Å². The minimum Gasteiger partial charge on any atom is -0.481 e. The van der Waals surface area contributed by atoms with Gasteiger partial charge in [0.15, 0.2) is 0 Å². The van der Waals surface area contributed by atoms with E-state index in [-0.39, 0.29) is 44.0 Å². The molecule has 0 fully saturated rings. The molecule has 6 nitrogen and oxygen atoms in total. The Bertz CT molecular complexity index is 510. The first-order valence-electron chi connectivity index (χ1n) is 13.5. The third kappa shape index (κ3) is 28.9. The van der Waals surface area contributed by atoms with Crippen molar-refractivity contribution in [2.45, 2.75) is 119 Å². The maximum absolute atomic E-state index is 10.4. The van der Waals surface area contributed by atoms with Crippen LogP contribution in [0, 0.1) is 17.8 Å². The number of carbonyl (C=O) groups is 3. The van der Waals surface area contributed by atoms with Gasteiger partial charge in [0.1, 0.15) is 0 Å². The van der Waals surface area contributed by atoms with Crippen LogP contribution in [0.15, 0.2) is 30.3 Å². The van der Waals surface area contributed by atoms with Crippen molar-refractivity contribution in [3.8, 4) is 0 Å². The predicted octanol–water partition coefficient (Wildman–Crippen LogP) is 8.27. The van der Waals surface area contributed by atoms with Crippen molar-refractivity contribution < 1.29 is 55.9 Å².